The Bertz CT molecular complexity index is 814. The number of pyridine rings is 1. The van der Waals surface area contributed by atoms with E-state index in [4.69, 9.17) is 51.1 Å². The standard InChI is InChI=1S/C18H17Cl4N3O2/c19-13-14(20)16(24-17(22)15(13)21)18(26)23-12(11-4-2-1-3-5-11)10-25-6-8-27-9-7-25/h1-5,12H,6-10H2,(H,23,26). The van der Waals surface area contributed by atoms with Crippen molar-refractivity contribution >= 4 is 52.3 Å². The van der Waals surface area contributed by atoms with Gasteiger partial charge in [-0.15, -0.1) is 0 Å². The van der Waals surface area contributed by atoms with Crippen LogP contribution in [0.4, 0.5) is 0 Å². The van der Waals surface area contributed by atoms with Gasteiger partial charge in [-0.3, -0.25) is 9.69 Å². The molecule has 0 aliphatic carbocycles. The maximum atomic E-state index is 12.8. The van der Waals surface area contributed by atoms with Crippen LogP contribution in [0.3, 0.4) is 0 Å². The SMILES string of the molecule is O=C(NC(CN1CCOCC1)c1ccccc1)c1nc(Cl)c(Cl)c(Cl)c1Cl. The number of aromatic nitrogens is 1. The molecule has 1 aliphatic heterocycles. The predicted molar refractivity (Wildman–Crippen MR) is 108 cm³/mol. The highest BCUT2D eigenvalue weighted by Gasteiger charge is 2.25. The van der Waals surface area contributed by atoms with Gasteiger partial charge in [-0.25, -0.2) is 4.98 Å². The molecular formula is C18H17Cl4N3O2. The van der Waals surface area contributed by atoms with Gasteiger partial charge < -0.3 is 10.1 Å². The van der Waals surface area contributed by atoms with Gasteiger partial charge in [0.05, 0.1) is 34.3 Å². The molecular weight excluding hydrogens is 432 g/mol. The molecule has 3 rings (SSSR count). The predicted octanol–water partition coefficient (Wildman–Crippen LogP) is 4.50. The Morgan fingerprint density at radius 3 is 2.41 bits per heavy atom. The molecule has 1 atom stereocenters. The van der Waals surface area contributed by atoms with Crippen LogP contribution in [0, 0.1) is 0 Å². The molecule has 1 fully saturated rings. The summed E-state index contributed by atoms with van der Waals surface area (Å²) in [7, 11) is 0. The number of ether oxygens (including phenoxy) is 1. The van der Waals surface area contributed by atoms with Gasteiger partial charge in [0, 0.05) is 19.6 Å². The van der Waals surface area contributed by atoms with Crippen molar-refractivity contribution in [2.24, 2.45) is 0 Å². The minimum Gasteiger partial charge on any atom is -0.379 e. The minimum atomic E-state index is -0.470. The summed E-state index contributed by atoms with van der Waals surface area (Å²) in [4.78, 5) is 19.1. The molecule has 1 aromatic heterocycles. The lowest BCUT2D eigenvalue weighted by Gasteiger charge is -2.31. The second-order valence-electron chi connectivity index (χ2n) is 6.04. The number of carbonyl (C=O) groups excluding carboxylic acids is 1. The lowest BCUT2D eigenvalue weighted by Crippen LogP contribution is -2.43. The lowest BCUT2D eigenvalue weighted by molar-refractivity contribution is 0.0332. The molecule has 1 aliphatic rings. The topological polar surface area (TPSA) is 54.5 Å². The van der Waals surface area contributed by atoms with Crippen molar-refractivity contribution in [3.8, 4) is 0 Å². The van der Waals surface area contributed by atoms with Gasteiger partial charge in [0.25, 0.3) is 5.91 Å². The van der Waals surface area contributed by atoms with E-state index in [9.17, 15) is 4.79 Å². The van der Waals surface area contributed by atoms with E-state index in [-0.39, 0.29) is 32.0 Å². The first-order valence-electron chi connectivity index (χ1n) is 8.33. The molecule has 0 radical (unpaired) electrons. The highest BCUT2D eigenvalue weighted by Crippen LogP contribution is 2.36. The fraction of sp³-hybridized carbons (Fsp3) is 0.333. The van der Waals surface area contributed by atoms with Crippen molar-refractivity contribution in [2.75, 3.05) is 32.8 Å². The number of nitrogens with zero attached hydrogens (tertiary/aromatic N) is 2. The van der Waals surface area contributed by atoms with E-state index < -0.39 is 5.91 Å². The van der Waals surface area contributed by atoms with E-state index in [1.807, 2.05) is 30.3 Å². The van der Waals surface area contributed by atoms with E-state index in [1.54, 1.807) is 0 Å². The number of amides is 1. The molecule has 144 valence electrons. The summed E-state index contributed by atoms with van der Waals surface area (Å²) in [5, 5.41) is 2.92. The summed E-state index contributed by atoms with van der Waals surface area (Å²) in [6.45, 7) is 3.58. The lowest BCUT2D eigenvalue weighted by atomic mass is 10.1. The highest BCUT2D eigenvalue weighted by molar-refractivity contribution is 6.52. The normalized spacial score (nSPS) is 16.1. The van der Waals surface area contributed by atoms with E-state index in [0.717, 1.165) is 18.7 Å². The van der Waals surface area contributed by atoms with Crippen molar-refractivity contribution in [2.45, 2.75) is 6.04 Å². The van der Waals surface area contributed by atoms with Crippen LogP contribution in [-0.2, 0) is 4.74 Å². The average molecular weight is 449 g/mol. The molecule has 1 amide bonds. The number of rotatable bonds is 5. The number of hydrogen-bond acceptors (Lipinski definition) is 4. The Labute approximate surface area is 177 Å². The van der Waals surface area contributed by atoms with Gasteiger partial charge >= 0.3 is 0 Å². The Morgan fingerprint density at radius 1 is 1.07 bits per heavy atom. The molecule has 2 heterocycles. The molecule has 0 bridgehead atoms. The molecule has 1 N–H and O–H groups in total. The Kier molecular flexibility index (Phi) is 7.20. The summed E-state index contributed by atoms with van der Waals surface area (Å²) in [6, 6.07) is 9.44. The number of halogens is 4. The molecule has 9 heteroatoms. The summed E-state index contributed by atoms with van der Waals surface area (Å²) >= 11 is 24.1. The third kappa shape index (κ3) is 5.05. The van der Waals surface area contributed by atoms with E-state index in [0.29, 0.717) is 19.8 Å². The van der Waals surface area contributed by atoms with E-state index in [2.05, 4.69) is 15.2 Å². The molecule has 1 aromatic carbocycles. The zero-order chi connectivity index (χ0) is 19.4. The Balaban J connectivity index is 1.84. The first kappa shape index (κ1) is 20.6. The van der Waals surface area contributed by atoms with Gasteiger partial charge in [0.2, 0.25) is 0 Å². The Morgan fingerprint density at radius 2 is 1.74 bits per heavy atom. The van der Waals surface area contributed by atoms with Gasteiger partial charge in [0.1, 0.15) is 10.8 Å². The number of hydrogen-bond donors (Lipinski definition) is 1. The fourth-order valence-electron chi connectivity index (χ4n) is 2.83. The van der Waals surface area contributed by atoms with Crippen LogP contribution in [0.1, 0.15) is 22.1 Å². The maximum absolute atomic E-state index is 12.8. The van der Waals surface area contributed by atoms with Crippen LogP contribution in [-0.4, -0.2) is 48.6 Å². The summed E-state index contributed by atoms with van der Waals surface area (Å²) in [5.74, 6) is -0.470. The average Bonchev–Trinajstić information content (AvgIpc) is 2.70. The highest BCUT2D eigenvalue weighted by atomic mass is 35.5. The minimum absolute atomic E-state index is 0.00734. The number of carbonyl (C=O) groups is 1. The summed E-state index contributed by atoms with van der Waals surface area (Å²) in [5.41, 5.74) is 0.915. The quantitative estimate of drug-likeness (QED) is 0.684. The fourth-order valence-corrected chi connectivity index (χ4v) is 3.64. The van der Waals surface area contributed by atoms with Gasteiger partial charge in [0.15, 0.2) is 0 Å². The van der Waals surface area contributed by atoms with Gasteiger partial charge in [-0.2, -0.15) is 0 Å². The molecule has 1 unspecified atom stereocenters. The summed E-state index contributed by atoms with van der Waals surface area (Å²) in [6.07, 6.45) is 0. The van der Waals surface area contributed by atoms with Crippen molar-refractivity contribution < 1.29 is 9.53 Å². The van der Waals surface area contributed by atoms with Crippen LogP contribution in [0.5, 0.6) is 0 Å². The zero-order valence-corrected chi connectivity index (χ0v) is 17.2. The molecule has 2 aromatic rings. The van der Waals surface area contributed by atoms with Crippen molar-refractivity contribution in [1.29, 1.82) is 0 Å². The van der Waals surface area contributed by atoms with Gasteiger partial charge in [-0.05, 0) is 5.56 Å². The smallest absolute Gasteiger partial charge is 0.272 e. The zero-order valence-electron chi connectivity index (χ0n) is 14.2. The second kappa shape index (κ2) is 9.41. The van der Waals surface area contributed by atoms with Crippen molar-refractivity contribution in [1.82, 2.24) is 15.2 Å². The first-order valence-corrected chi connectivity index (χ1v) is 9.84. The first-order chi connectivity index (χ1) is 13.0. The Hall–Kier alpha value is -1.08. The molecule has 1 saturated heterocycles. The van der Waals surface area contributed by atoms with Crippen LogP contribution in [0.25, 0.3) is 0 Å². The largest absolute Gasteiger partial charge is 0.379 e. The van der Waals surface area contributed by atoms with Gasteiger partial charge in [-0.1, -0.05) is 76.7 Å². The monoisotopic (exact) mass is 447 g/mol. The van der Waals surface area contributed by atoms with Crippen LogP contribution >= 0.6 is 46.4 Å². The van der Waals surface area contributed by atoms with E-state index >= 15 is 0 Å². The van der Waals surface area contributed by atoms with Crippen LogP contribution in [0.2, 0.25) is 20.2 Å². The van der Waals surface area contributed by atoms with Crippen molar-refractivity contribution in [3.63, 3.8) is 0 Å². The number of morpholine rings is 1. The van der Waals surface area contributed by atoms with Crippen molar-refractivity contribution in [3.05, 3.63) is 61.8 Å². The van der Waals surface area contributed by atoms with E-state index in [1.165, 1.54) is 0 Å². The third-order valence-electron chi connectivity index (χ3n) is 4.25. The second-order valence-corrected chi connectivity index (χ2v) is 7.53. The van der Waals surface area contributed by atoms with Crippen LogP contribution < -0.4 is 5.32 Å². The third-order valence-corrected chi connectivity index (χ3v) is 5.93. The van der Waals surface area contributed by atoms with Crippen LogP contribution in [0.15, 0.2) is 30.3 Å². The molecule has 5 nitrogen and oxygen atoms in total. The molecule has 0 spiro atoms. The molecule has 0 saturated carbocycles. The maximum Gasteiger partial charge on any atom is 0.272 e. The number of nitrogens with one attached hydrogen (secondary N) is 1. The number of benzene rings is 1. The molecule has 27 heavy (non-hydrogen) atoms. The summed E-state index contributed by atoms with van der Waals surface area (Å²) < 4.78 is 5.39.